The molecule has 0 bridgehead atoms. The van der Waals surface area contributed by atoms with E-state index in [1.807, 2.05) is 24.3 Å². The molecule has 7 heteroatoms. The van der Waals surface area contributed by atoms with Gasteiger partial charge in [-0.1, -0.05) is 16.8 Å². The Morgan fingerprint density at radius 1 is 1.35 bits per heavy atom. The van der Waals surface area contributed by atoms with Crippen LogP contribution in [0.4, 0.5) is 5.69 Å². The highest BCUT2D eigenvalue weighted by Crippen LogP contribution is 2.22. The largest absolute Gasteiger partial charge is 0.497 e. The van der Waals surface area contributed by atoms with Crippen LogP contribution >= 0.6 is 11.6 Å². The number of hydrogen-bond donors (Lipinski definition) is 1. The predicted octanol–water partition coefficient (Wildman–Crippen LogP) is 2.88. The van der Waals surface area contributed by atoms with Crippen molar-refractivity contribution in [3.8, 4) is 5.75 Å². The molecule has 6 nitrogen and oxygen atoms in total. The second-order valence-electron chi connectivity index (χ2n) is 4.90. The van der Waals surface area contributed by atoms with Gasteiger partial charge in [0.15, 0.2) is 5.15 Å². The van der Waals surface area contributed by atoms with Crippen LogP contribution < -0.4 is 10.1 Å². The lowest BCUT2D eigenvalue weighted by Crippen LogP contribution is -2.28. The van der Waals surface area contributed by atoms with Gasteiger partial charge in [0.05, 0.1) is 18.5 Å². The molecule has 1 aromatic heterocycles. The van der Waals surface area contributed by atoms with E-state index in [1.54, 1.807) is 25.4 Å². The molecule has 0 radical (unpaired) electrons. The summed E-state index contributed by atoms with van der Waals surface area (Å²) in [5, 5.41) is 6.92. The average molecular weight is 332 g/mol. The number of oxime groups is 1. The Labute approximate surface area is 138 Å². The van der Waals surface area contributed by atoms with Gasteiger partial charge < -0.3 is 14.9 Å². The van der Waals surface area contributed by atoms with Gasteiger partial charge in [0.25, 0.3) is 5.91 Å². The van der Waals surface area contributed by atoms with Gasteiger partial charge in [-0.25, -0.2) is 4.98 Å². The van der Waals surface area contributed by atoms with E-state index in [9.17, 15) is 4.79 Å². The van der Waals surface area contributed by atoms with Gasteiger partial charge in [-0.2, -0.15) is 0 Å². The zero-order valence-electron chi connectivity index (χ0n) is 12.3. The van der Waals surface area contributed by atoms with Crippen molar-refractivity contribution in [2.75, 3.05) is 12.4 Å². The number of halogens is 1. The molecule has 2 aromatic rings. The second kappa shape index (κ2) is 6.66. The summed E-state index contributed by atoms with van der Waals surface area (Å²) in [6.07, 6.45) is 1.24. The summed E-state index contributed by atoms with van der Waals surface area (Å²) in [6, 6.07) is 10.8. The van der Waals surface area contributed by atoms with Gasteiger partial charge in [0, 0.05) is 12.6 Å². The molecule has 0 saturated carbocycles. The first-order valence-corrected chi connectivity index (χ1v) is 7.33. The van der Waals surface area contributed by atoms with Crippen molar-refractivity contribution >= 4 is 28.9 Å². The number of nitrogens with one attached hydrogen (secondary N) is 1. The standard InChI is InChI=1S/C16H14ClN3O3/c1-22-11-6-4-10(5-7-11)13-9-14(23-20-13)16(21)19-12-3-2-8-18-15(12)17/h2-8,14H,9H2,1H3,(H,19,21)/t14-/m1/s1. The first-order valence-electron chi connectivity index (χ1n) is 6.96. The lowest BCUT2D eigenvalue weighted by Gasteiger charge is -2.10. The number of pyridine rings is 1. The fourth-order valence-electron chi connectivity index (χ4n) is 2.16. The SMILES string of the molecule is COc1ccc(C2=NO[C@@H](C(=O)Nc3cccnc3Cl)C2)cc1. The summed E-state index contributed by atoms with van der Waals surface area (Å²) in [5.41, 5.74) is 2.05. The predicted molar refractivity (Wildman–Crippen MR) is 86.9 cm³/mol. The first kappa shape index (κ1) is 15.3. The van der Waals surface area contributed by atoms with Gasteiger partial charge in [-0.3, -0.25) is 4.79 Å². The number of ether oxygens (including phenoxy) is 1. The molecular formula is C16H14ClN3O3. The van der Waals surface area contributed by atoms with Crippen molar-refractivity contribution in [3.05, 3.63) is 53.3 Å². The number of amides is 1. The summed E-state index contributed by atoms with van der Waals surface area (Å²) in [4.78, 5) is 21.4. The summed E-state index contributed by atoms with van der Waals surface area (Å²) < 4.78 is 5.12. The molecule has 1 aliphatic rings. The minimum absolute atomic E-state index is 0.232. The highest BCUT2D eigenvalue weighted by Gasteiger charge is 2.29. The molecule has 1 N–H and O–H groups in total. The van der Waals surface area contributed by atoms with Gasteiger partial charge >= 0.3 is 0 Å². The van der Waals surface area contributed by atoms with E-state index in [-0.39, 0.29) is 11.1 Å². The van der Waals surface area contributed by atoms with Crippen LogP contribution in [-0.4, -0.2) is 29.8 Å². The molecule has 0 fully saturated rings. The topological polar surface area (TPSA) is 72.8 Å². The molecule has 1 amide bonds. The number of benzene rings is 1. The van der Waals surface area contributed by atoms with Crippen LogP contribution in [0.25, 0.3) is 0 Å². The summed E-state index contributed by atoms with van der Waals surface area (Å²) >= 11 is 5.92. The molecule has 0 aliphatic carbocycles. The maximum atomic E-state index is 12.2. The number of hydrogen-bond acceptors (Lipinski definition) is 5. The second-order valence-corrected chi connectivity index (χ2v) is 5.25. The quantitative estimate of drug-likeness (QED) is 0.874. The van der Waals surface area contributed by atoms with E-state index in [0.29, 0.717) is 17.8 Å². The maximum absolute atomic E-state index is 12.2. The van der Waals surface area contributed by atoms with Crippen molar-refractivity contribution in [3.63, 3.8) is 0 Å². The molecule has 1 aliphatic heterocycles. The normalized spacial score (nSPS) is 16.4. The van der Waals surface area contributed by atoms with Crippen LogP contribution in [0.3, 0.4) is 0 Å². The minimum Gasteiger partial charge on any atom is -0.497 e. The number of carbonyl (C=O) groups is 1. The van der Waals surface area contributed by atoms with Crippen molar-refractivity contribution in [1.82, 2.24) is 4.98 Å². The average Bonchev–Trinajstić information content (AvgIpc) is 3.07. The van der Waals surface area contributed by atoms with Gasteiger partial charge in [-0.15, -0.1) is 0 Å². The zero-order valence-corrected chi connectivity index (χ0v) is 13.1. The molecule has 1 atom stereocenters. The highest BCUT2D eigenvalue weighted by molar-refractivity contribution is 6.32. The third kappa shape index (κ3) is 3.43. The summed E-state index contributed by atoms with van der Waals surface area (Å²) in [7, 11) is 1.61. The van der Waals surface area contributed by atoms with Crippen LogP contribution in [-0.2, 0) is 9.63 Å². The lowest BCUT2D eigenvalue weighted by molar-refractivity contribution is -0.125. The van der Waals surface area contributed by atoms with E-state index >= 15 is 0 Å². The molecule has 23 heavy (non-hydrogen) atoms. The lowest BCUT2D eigenvalue weighted by atomic mass is 10.0. The molecule has 0 spiro atoms. The fourth-order valence-corrected chi connectivity index (χ4v) is 2.33. The number of rotatable bonds is 4. The van der Waals surface area contributed by atoms with Crippen molar-refractivity contribution < 1.29 is 14.4 Å². The molecule has 2 heterocycles. The van der Waals surface area contributed by atoms with Gasteiger partial charge in [0.2, 0.25) is 6.10 Å². The maximum Gasteiger partial charge on any atom is 0.268 e. The Hall–Kier alpha value is -2.60. The first-order chi connectivity index (χ1) is 11.2. The van der Waals surface area contributed by atoms with E-state index < -0.39 is 6.10 Å². The molecular weight excluding hydrogens is 318 g/mol. The van der Waals surface area contributed by atoms with Crippen LogP contribution in [0.5, 0.6) is 5.75 Å². The zero-order chi connectivity index (χ0) is 16.2. The van der Waals surface area contributed by atoms with Gasteiger partial charge in [0.1, 0.15) is 5.75 Å². The minimum atomic E-state index is -0.691. The third-order valence-electron chi connectivity index (χ3n) is 3.40. The molecule has 0 saturated heterocycles. The van der Waals surface area contributed by atoms with Crippen LogP contribution in [0, 0.1) is 0 Å². The number of nitrogens with zero attached hydrogens (tertiary/aromatic N) is 2. The molecule has 0 unspecified atom stereocenters. The van der Waals surface area contributed by atoms with Crippen LogP contribution in [0.1, 0.15) is 12.0 Å². The smallest absolute Gasteiger partial charge is 0.268 e. The number of aromatic nitrogens is 1. The molecule has 3 rings (SSSR count). The Bertz CT molecular complexity index is 746. The molecule has 118 valence electrons. The fraction of sp³-hybridized carbons (Fsp3) is 0.188. The summed E-state index contributed by atoms with van der Waals surface area (Å²) in [5.74, 6) is 0.445. The van der Waals surface area contributed by atoms with Gasteiger partial charge in [-0.05, 0) is 42.0 Å². The Kier molecular flexibility index (Phi) is 4.43. The van der Waals surface area contributed by atoms with Crippen LogP contribution in [0.2, 0.25) is 5.15 Å². The monoisotopic (exact) mass is 331 g/mol. The van der Waals surface area contributed by atoms with E-state index in [4.69, 9.17) is 21.2 Å². The van der Waals surface area contributed by atoms with Crippen molar-refractivity contribution in [1.29, 1.82) is 0 Å². The number of methoxy groups -OCH3 is 1. The third-order valence-corrected chi connectivity index (χ3v) is 3.70. The van der Waals surface area contributed by atoms with E-state index in [1.165, 1.54) is 0 Å². The Balaban J connectivity index is 1.64. The summed E-state index contributed by atoms with van der Waals surface area (Å²) in [6.45, 7) is 0. The molecule has 1 aromatic carbocycles. The highest BCUT2D eigenvalue weighted by atomic mass is 35.5. The number of anilines is 1. The van der Waals surface area contributed by atoms with E-state index in [0.717, 1.165) is 11.3 Å². The Morgan fingerprint density at radius 3 is 2.83 bits per heavy atom. The van der Waals surface area contributed by atoms with Crippen molar-refractivity contribution in [2.24, 2.45) is 5.16 Å². The Morgan fingerprint density at radius 2 is 2.13 bits per heavy atom. The van der Waals surface area contributed by atoms with E-state index in [2.05, 4.69) is 15.5 Å². The van der Waals surface area contributed by atoms with Crippen molar-refractivity contribution in [2.45, 2.75) is 12.5 Å². The number of carbonyl (C=O) groups excluding carboxylic acids is 1. The van der Waals surface area contributed by atoms with Crippen LogP contribution in [0.15, 0.2) is 47.8 Å².